The number of nitrogens with zero attached hydrogens (tertiary/aromatic N) is 1. The highest BCUT2D eigenvalue weighted by Crippen LogP contribution is 2.21. The number of nitrogens with one attached hydrogen (secondary N) is 1. The Labute approximate surface area is 122 Å². The fourth-order valence-corrected chi connectivity index (χ4v) is 4.28. The number of hydrogen-bond acceptors (Lipinski definition) is 4. The van der Waals surface area contributed by atoms with E-state index < -0.39 is 9.84 Å². The van der Waals surface area contributed by atoms with Gasteiger partial charge in [-0.05, 0) is 31.2 Å². The average Bonchev–Trinajstić information content (AvgIpc) is 2.80. The number of benzene rings is 1. The van der Waals surface area contributed by atoms with Crippen molar-refractivity contribution in [2.75, 3.05) is 23.8 Å². The van der Waals surface area contributed by atoms with Crippen LogP contribution in [0.3, 0.4) is 0 Å². The van der Waals surface area contributed by atoms with Gasteiger partial charge in [-0.2, -0.15) is 0 Å². The van der Waals surface area contributed by atoms with Crippen molar-refractivity contribution in [3.63, 3.8) is 0 Å². The molecule has 6 nitrogen and oxygen atoms in total. The molecule has 1 unspecified atom stereocenters. The Hall–Kier alpha value is -2.02. The lowest BCUT2D eigenvalue weighted by Crippen LogP contribution is -2.49. The summed E-state index contributed by atoms with van der Waals surface area (Å²) < 4.78 is 23.2. The van der Waals surface area contributed by atoms with Crippen LogP contribution in [0.4, 0.5) is 5.69 Å². The number of aromatic amines is 1. The lowest BCUT2D eigenvalue weighted by atomic mass is 10.2. The molecule has 7 heteroatoms. The van der Waals surface area contributed by atoms with Crippen LogP contribution in [-0.4, -0.2) is 48.3 Å². The fraction of sp³-hybridized carbons (Fsp3) is 0.357. The third-order valence-corrected chi connectivity index (χ3v) is 5.60. The van der Waals surface area contributed by atoms with Crippen molar-refractivity contribution in [1.82, 2.24) is 9.88 Å². The highest BCUT2D eigenvalue weighted by molar-refractivity contribution is 7.91. The molecule has 2 heterocycles. The second-order valence-corrected chi connectivity index (χ2v) is 7.72. The third-order valence-electron chi connectivity index (χ3n) is 3.81. The van der Waals surface area contributed by atoms with Gasteiger partial charge in [0.25, 0.3) is 5.91 Å². The molecule has 1 amide bonds. The Morgan fingerprint density at radius 3 is 2.86 bits per heavy atom. The number of H-pyrrole nitrogens is 1. The second-order valence-electron chi connectivity index (χ2n) is 5.49. The number of hydrogen-bond donors (Lipinski definition) is 2. The van der Waals surface area contributed by atoms with E-state index in [1.165, 1.54) is 0 Å². The van der Waals surface area contributed by atoms with Crippen molar-refractivity contribution < 1.29 is 13.2 Å². The van der Waals surface area contributed by atoms with Crippen LogP contribution in [0.1, 0.15) is 17.4 Å². The Morgan fingerprint density at radius 2 is 2.14 bits per heavy atom. The van der Waals surface area contributed by atoms with Gasteiger partial charge in [0.15, 0.2) is 9.84 Å². The zero-order valence-corrected chi connectivity index (χ0v) is 12.5. The molecule has 0 bridgehead atoms. The topological polar surface area (TPSA) is 96.3 Å². The van der Waals surface area contributed by atoms with Crippen LogP contribution >= 0.6 is 0 Å². The maximum atomic E-state index is 12.5. The molecule has 1 aliphatic heterocycles. The molecule has 3 N–H and O–H groups in total. The van der Waals surface area contributed by atoms with Gasteiger partial charge in [-0.3, -0.25) is 4.79 Å². The van der Waals surface area contributed by atoms with Gasteiger partial charge in [0.1, 0.15) is 5.69 Å². The zero-order chi connectivity index (χ0) is 15.2. The number of nitrogen functional groups attached to an aromatic ring is 1. The van der Waals surface area contributed by atoms with E-state index in [0.29, 0.717) is 11.4 Å². The first kappa shape index (κ1) is 13.9. The fourth-order valence-electron chi connectivity index (χ4n) is 2.72. The van der Waals surface area contributed by atoms with Crippen LogP contribution in [0.2, 0.25) is 0 Å². The lowest BCUT2D eigenvalue weighted by Gasteiger charge is -2.32. The minimum absolute atomic E-state index is 0.0198. The van der Waals surface area contributed by atoms with E-state index in [1.54, 1.807) is 30.0 Å². The molecule has 2 aromatic rings. The van der Waals surface area contributed by atoms with Gasteiger partial charge in [0.2, 0.25) is 0 Å². The summed E-state index contributed by atoms with van der Waals surface area (Å²) in [6, 6.07) is 6.83. The summed E-state index contributed by atoms with van der Waals surface area (Å²) in [6.07, 6.45) is 0. The van der Waals surface area contributed by atoms with Crippen LogP contribution in [0, 0.1) is 0 Å². The highest BCUT2D eigenvalue weighted by Gasteiger charge is 2.32. The number of fused-ring (bicyclic) bond motifs is 1. The van der Waals surface area contributed by atoms with Gasteiger partial charge in [-0.15, -0.1) is 0 Å². The standard InChI is InChI=1S/C14H17N3O3S/c1-9-8-21(19,20)5-4-17(9)14(18)13-7-10-6-11(15)2-3-12(10)16-13/h2-3,6-7,9,16H,4-5,8,15H2,1H3. The van der Waals surface area contributed by atoms with Crippen molar-refractivity contribution in [2.24, 2.45) is 0 Å². The normalized spacial score (nSPS) is 21.6. The highest BCUT2D eigenvalue weighted by atomic mass is 32.2. The van der Waals surface area contributed by atoms with Crippen LogP contribution < -0.4 is 5.73 Å². The summed E-state index contributed by atoms with van der Waals surface area (Å²) in [7, 11) is -3.03. The first-order valence-corrected chi connectivity index (χ1v) is 8.57. The van der Waals surface area contributed by atoms with Crippen molar-refractivity contribution in [2.45, 2.75) is 13.0 Å². The number of nitrogens with two attached hydrogens (primary N) is 1. The molecule has 3 rings (SSSR count). The number of carbonyl (C=O) groups is 1. The summed E-state index contributed by atoms with van der Waals surface area (Å²) >= 11 is 0. The Bertz CT molecular complexity index is 810. The first-order valence-electron chi connectivity index (χ1n) is 6.75. The van der Waals surface area contributed by atoms with Gasteiger partial charge in [-0.25, -0.2) is 8.42 Å². The number of amides is 1. The molecule has 1 saturated heterocycles. The van der Waals surface area contributed by atoms with Crippen LogP contribution in [0.5, 0.6) is 0 Å². The molecule has 21 heavy (non-hydrogen) atoms. The Balaban J connectivity index is 1.90. The van der Waals surface area contributed by atoms with Crippen LogP contribution in [0.15, 0.2) is 24.3 Å². The summed E-state index contributed by atoms with van der Waals surface area (Å²) in [5.74, 6) is -0.130. The quantitative estimate of drug-likeness (QED) is 0.768. The van der Waals surface area contributed by atoms with Crippen molar-refractivity contribution in [1.29, 1.82) is 0 Å². The summed E-state index contributed by atoms with van der Waals surface area (Å²) in [4.78, 5) is 17.2. The largest absolute Gasteiger partial charge is 0.399 e. The molecule has 0 spiro atoms. The maximum Gasteiger partial charge on any atom is 0.270 e. The summed E-state index contributed by atoms with van der Waals surface area (Å²) in [5.41, 5.74) is 7.66. The molecule has 0 aliphatic carbocycles. The minimum atomic E-state index is -3.03. The molecule has 112 valence electrons. The van der Waals surface area contributed by atoms with E-state index in [9.17, 15) is 13.2 Å². The van der Waals surface area contributed by atoms with Gasteiger partial charge >= 0.3 is 0 Å². The van der Waals surface area contributed by atoms with Gasteiger partial charge in [-0.1, -0.05) is 0 Å². The molecule has 1 aliphatic rings. The molecular weight excluding hydrogens is 290 g/mol. The molecule has 0 saturated carbocycles. The predicted octanol–water partition coefficient (Wildman–Crippen LogP) is 1.01. The van der Waals surface area contributed by atoms with E-state index in [0.717, 1.165) is 10.9 Å². The lowest BCUT2D eigenvalue weighted by molar-refractivity contribution is 0.0707. The number of carbonyl (C=O) groups excluding carboxylic acids is 1. The smallest absolute Gasteiger partial charge is 0.270 e. The predicted molar refractivity (Wildman–Crippen MR) is 81.9 cm³/mol. The van der Waals surface area contributed by atoms with E-state index >= 15 is 0 Å². The number of sulfone groups is 1. The molecule has 0 radical (unpaired) electrons. The monoisotopic (exact) mass is 307 g/mol. The molecule has 1 fully saturated rings. The van der Waals surface area contributed by atoms with Gasteiger partial charge in [0, 0.05) is 29.2 Å². The van der Waals surface area contributed by atoms with Crippen molar-refractivity contribution in [3.05, 3.63) is 30.0 Å². The summed E-state index contributed by atoms with van der Waals surface area (Å²) in [6.45, 7) is 2.00. The molecular formula is C14H17N3O3S. The van der Waals surface area contributed by atoms with E-state index in [-0.39, 0.29) is 30.0 Å². The minimum Gasteiger partial charge on any atom is -0.399 e. The maximum absolute atomic E-state index is 12.5. The second kappa shape index (κ2) is 4.77. The molecule has 1 aromatic carbocycles. The van der Waals surface area contributed by atoms with Crippen LogP contribution in [-0.2, 0) is 9.84 Å². The summed E-state index contributed by atoms with van der Waals surface area (Å²) in [5, 5.41) is 0.871. The van der Waals surface area contributed by atoms with Gasteiger partial charge < -0.3 is 15.6 Å². The first-order chi connectivity index (χ1) is 9.85. The van der Waals surface area contributed by atoms with E-state index in [4.69, 9.17) is 5.73 Å². The Morgan fingerprint density at radius 1 is 1.38 bits per heavy atom. The van der Waals surface area contributed by atoms with Gasteiger partial charge in [0.05, 0.1) is 11.5 Å². The van der Waals surface area contributed by atoms with Crippen molar-refractivity contribution >= 4 is 32.3 Å². The Kier molecular flexibility index (Phi) is 3.16. The van der Waals surface area contributed by atoms with E-state index in [1.807, 2.05) is 6.07 Å². The zero-order valence-electron chi connectivity index (χ0n) is 11.7. The van der Waals surface area contributed by atoms with Crippen molar-refractivity contribution in [3.8, 4) is 0 Å². The van der Waals surface area contributed by atoms with Crippen LogP contribution in [0.25, 0.3) is 10.9 Å². The van der Waals surface area contributed by atoms with E-state index in [2.05, 4.69) is 4.98 Å². The third kappa shape index (κ3) is 2.61. The number of aromatic nitrogens is 1. The molecule has 1 atom stereocenters. The average molecular weight is 307 g/mol. The SMILES string of the molecule is CC1CS(=O)(=O)CCN1C(=O)c1cc2cc(N)ccc2[nH]1. The number of anilines is 1. The number of rotatable bonds is 1. The molecule has 1 aromatic heterocycles.